The van der Waals surface area contributed by atoms with Crippen LogP contribution in [0.5, 0.6) is 0 Å². The van der Waals surface area contributed by atoms with E-state index in [0.29, 0.717) is 13.2 Å². The molecule has 1 N–H and O–H groups in total. The van der Waals surface area contributed by atoms with Crippen LogP contribution in [0.15, 0.2) is 0 Å². The Hall–Kier alpha value is -0.610. The van der Waals surface area contributed by atoms with Crippen molar-refractivity contribution in [2.24, 2.45) is 0 Å². The first-order valence-electron chi connectivity index (χ1n) is 4.51. The number of ether oxygens (including phenoxy) is 2. The van der Waals surface area contributed by atoms with Gasteiger partial charge in [-0.1, -0.05) is 0 Å². The van der Waals surface area contributed by atoms with Crippen molar-refractivity contribution in [1.82, 2.24) is 0 Å². The molecule has 2 atom stereocenters. The van der Waals surface area contributed by atoms with Gasteiger partial charge in [0.05, 0.1) is 25.2 Å². The van der Waals surface area contributed by atoms with Crippen LogP contribution >= 0.6 is 0 Å². The molecule has 0 aliphatic carbocycles. The molecule has 4 heteroatoms. The highest BCUT2D eigenvalue weighted by molar-refractivity contribution is 5.67. The summed E-state index contributed by atoms with van der Waals surface area (Å²) < 4.78 is 10.5. The zero-order chi connectivity index (χ0) is 10.3. The molecule has 13 heavy (non-hydrogen) atoms. The Morgan fingerprint density at radius 1 is 1.38 bits per heavy atom. The van der Waals surface area contributed by atoms with Gasteiger partial charge in [-0.2, -0.15) is 0 Å². The SMILES string of the molecule is CCOCC(C)O[C@H](C)CC(=O)O. The van der Waals surface area contributed by atoms with Crippen LogP contribution in [-0.2, 0) is 14.3 Å². The molecule has 0 aliphatic heterocycles. The van der Waals surface area contributed by atoms with Gasteiger partial charge < -0.3 is 14.6 Å². The van der Waals surface area contributed by atoms with Crippen molar-refractivity contribution in [3.05, 3.63) is 0 Å². The van der Waals surface area contributed by atoms with E-state index in [1.54, 1.807) is 6.92 Å². The van der Waals surface area contributed by atoms with Crippen LogP contribution in [0.25, 0.3) is 0 Å². The molecule has 0 bridgehead atoms. The molecular formula is C9H18O4. The van der Waals surface area contributed by atoms with Crippen LogP contribution in [0, 0.1) is 0 Å². The minimum Gasteiger partial charge on any atom is -0.481 e. The van der Waals surface area contributed by atoms with Crippen molar-refractivity contribution in [2.75, 3.05) is 13.2 Å². The number of rotatable bonds is 7. The third-order valence-electron chi connectivity index (χ3n) is 1.48. The monoisotopic (exact) mass is 190 g/mol. The lowest BCUT2D eigenvalue weighted by Crippen LogP contribution is -2.23. The van der Waals surface area contributed by atoms with Gasteiger partial charge in [0.15, 0.2) is 0 Å². The number of aliphatic carboxylic acids is 1. The first-order valence-corrected chi connectivity index (χ1v) is 4.51. The van der Waals surface area contributed by atoms with E-state index in [2.05, 4.69) is 0 Å². The zero-order valence-electron chi connectivity index (χ0n) is 8.45. The van der Waals surface area contributed by atoms with Crippen molar-refractivity contribution in [1.29, 1.82) is 0 Å². The van der Waals surface area contributed by atoms with Gasteiger partial charge in [0.2, 0.25) is 0 Å². The molecule has 4 nitrogen and oxygen atoms in total. The summed E-state index contributed by atoms with van der Waals surface area (Å²) in [5.74, 6) is -0.837. The molecule has 0 saturated heterocycles. The van der Waals surface area contributed by atoms with Gasteiger partial charge in [-0.15, -0.1) is 0 Å². The number of carbonyl (C=O) groups is 1. The van der Waals surface area contributed by atoms with Gasteiger partial charge in [-0.25, -0.2) is 0 Å². The highest BCUT2D eigenvalue weighted by Crippen LogP contribution is 2.02. The third kappa shape index (κ3) is 7.74. The molecule has 1 unspecified atom stereocenters. The topological polar surface area (TPSA) is 55.8 Å². The highest BCUT2D eigenvalue weighted by atomic mass is 16.5. The Labute approximate surface area is 78.8 Å². The minimum atomic E-state index is -0.837. The van der Waals surface area contributed by atoms with Crippen LogP contribution in [0.4, 0.5) is 0 Å². The normalized spacial score (nSPS) is 15.3. The number of hydrogen-bond acceptors (Lipinski definition) is 3. The van der Waals surface area contributed by atoms with E-state index in [1.165, 1.54) is 0 Å². The quantitative estimate of drug-likeness (QED) is 0.657. The molecule has 0 radical (unpaired) electrons. The van der Waals surface area contributed by atoms with Gasteiger partial charge in [0.1, 0.15) is 0 Å². The van der Waals surface area contributed by atoms with Crippen molar-refractivity contribution in [3.8, 4) is 0 Å². The maximum atomic E-state index is 10.3. The summed E-state index contributed by atoms with van der Waals surface area (Å²) in [4.78, 5) is 10.3. The maximum absolute atomic E-state index is 10.3. The fourth-order valence-corrected chi connectivity index (χ4v) is 1.01. The van der Waals surface area contributed by atoms with Gasteiger partial charge in [0, 0.05) is 6.61 Å². The van der Waals surface area contributed by atoms with E-state index in [0.717, 1.165) is 0 Å². The fraction of sp³-hybridized carbons (Fsp3) is 0.889. The second-order valence-corrected chi connectivity index (χ2v) is 3.01. The average molecular weight is 190 g/mol. The number of hydrogen-bond donors (Lipinski definition) is 1. The summed E-state index contributed by atoms with van der Waals surface area (Å²) in [7, 11) is 0. The van der Waals surface area contributed by atoms with Crippen LogP contribution in [0.2, 0.25) is 0 Å². The van der Waals surface area contributed by atoms with Gasteiger partial charge >= 0.3 is 5.97 Å². The highest BCUT2D eigenvalue weighted by Gasteiger charge is 2.11. The lowest BCUT2D eigenvalue weighted by Gasteiger charge is -2.17. The standard InChI is InChI=1S/C9H18O4/c1-4-12-6-8(3)13-7(2)5-9(10)11/h7-8H,4-6H2,1-3H3,(H,10,11)/t7-,8?/m1/s1. The first kappa shape index (κ1) is 12.4. The zero-order valence-corrected chi connectivity index (χ0v) is 8.45. The Morgan fingerprint density at radius 3 is 2.46 bits per heavy atom. The molecule has 78 valence electrons. The van der Waals surface area contributed by atoms with Crippen LogP contribution in [-0.4, -0.2) is 36.5 Å². The van der Waals surface area contributed by atoms with Crippen LogP contribution in [0.1, 0.15) is 27.2 Å². The lowest BCUT2D eigenvalue weighted by molar-refractivity contribution is -0.141. The van der Waals surface area contributed by atoms with E-state index in [-0.39, 0.29) is 18.6 Å². The predicted octanol–water partition coefficient (Wildman–Crippen LogP) is 1.29. The van der Waals surface area contributed by atoms with E-state index < -0.39 is 5.97 Å². The Balaban J connectivity index is 3.52. The van der Waals surface area contributed by atoms with Crippen molar-refractivity contribution >= 4 is 5.97 Å². The summed E-state index contributed by atoms with van der Waals surface area (Å²) in [6, 6.07) is 0. The predicted molar refractivity (Wildman–Crippen MR) is 48.8 cm³/mol. The van der Waals surface area contributed by atoms with Crippen molar-refractivity contribution < 1.29 is 19.4 Å². The lowest BCUT2D eigenvalue weighted by atomic mass is 10.3. The smallest absolute Gasteiger partial charge is 0.305 e. The largest absolute Gasteiger partial charge is 0.481 e. The van der Waals surface area contributed by atoms with E-state index in [4.69, 9.17) is 14.6 Å². The van der Waals surface area contributed by atoms with Crippen LogP contribution < -0.4 is 0 Å². The molecule has 0 fully saturated rings. The van der Waals surface area contributed by atoms with E-state index >= 15 is 0 Å². The molecule has 0 saturated carbocycles. The molecule has 0 aliphatic rings. The van der Waals surface area contributed by atoms with Gasteiger partial charge in [0.25, 0.3) is 0 Å². The number of carboxylic acid groups (broad SMARTS) is 1. The summed E-state index contributed by atoms with van der Waals surface area (Å²) in [5, 5.41) is 8.46. The van der Waals surface area contributed by atoms with Crippen molar-refractivity contribution in [2.45, 2.75) is 39.4 Å². The van der Waals surface area contributed by atoms with Gasteiger partial charge in [-0.3, -0.25) is 4.79 Å². The first-order chi connectivity index (χ1) is 6.06. The summed E-state index contributed by atoms with van der Waals surface area (Å²) in [5.41, 5.74) is 0. The molecule has 0 heterocycles. The summed E-state index contributed by atoms with van der Waals surface area (Å²) in [6.45, 7) is 6.69. The second-order valence-electron chi connectivity index (χ2n) is 3.01. The fourth-order valence-electron chi connectivity index (χ4n) is 1.01. The maximum Gasteiger partial charge on any atom is 0.305 e. The summed E-state index contributed by atoms with van der Waals surface area (Å²) >= 11 is 0. The Kier molecular flexibility index (Phi) is 6.54. The molecular weight excluding hydrogens is 172 g/mol. The van der Waals surface area contributed by atoms with E-state index in [9.17, 15) is 4.79 Å². The molecule has 0 aromatic carbocycles. The molecule has 0 aromatic heterocycles. The Bertz CT molecular complexity index is 147. The van der Waals surface area contributed by atoms with Crippen molar-refractivity contribution in [3.63, 3.8) is 0 Å². The number of carboxylic acids is 1. The average Bonchev–Trinajstić information content (AvgIpc) is 1.98. The minimum absolute atomic E-state index is 0.0382. The molecule has 0 aromatic rings. The molecule has 0 spiro atoms. The summed E-state index contributed by atoms with van der Waals surface area (Å²) in [6.07, 6.45) is -0.265. The van der Waals surface area contributed by atoms with Gasteiger partial charge in [-0.05, 0) is 20.8 Å². The van der Waals surface area contributed by atoms with Crippen LogP contribution in [0.3, 0.4) is 0 Å². The molecule has 0 rings (SSSR count). The Morgan fingerprint density at radius 2 is 2.00 bits per heavy atom. The third-order valence-corrected chi connectivity index (χ3v) is 1.48. The second kappa shape index (κ2) is 6.86. The molecule has 0 amide bonds. The van der Waals surface area contributed by atoms with E-state index in [1.807, 2.05) is 13.8 Å².